The maximum Gasteiger partial charge on any atom is 0.220 e. The van der Waals surface area contributed by atoms with Crippen molar-refractivity contribution in [3.05, 3.63) is 0 Å². The molecule has 1 aliphatic rings. The van der Waals surface area contributed by atoms with E-state index in [0.717, 1.165) is 44.2 Å². The summed E-state index contributed by atoms with van der Waals surface area (Å²) in [6.07, 6.45) is 9.27. The van der Waals surface area contributed by atoms with Crippen molar-refractivity contribution in [3.8, 4) is 0 Å². The first-order valence-electron chi connectivity index (χ1n) is 8.08. The number of hydrogen-bond acceptors (Lipinski definition) is 2. The molecule has 1 amide bonds. The summed E-state index contributed by atoms with van der Waals surface area (Å²) in [5.74, 6) is 2.49. The average Bonchev–Trinajstić information content (AvgIpc) is 2.37. The van der Waals surface area contributed by atoms with Gasteiger partial charge in [-0.25, -0.2) is 0 Å². The summed E-state index contributed by atoms with van der Waals surface area (Å²) in [6, 6.07) is 0. The van der Waals surface area contributed by atoms with Gasteiger partial charge in [-0.1, -0.05) is 33.1 Å². The topological polar surface area (TPSA) is 55.1 Å². The van der Waals surface area contributed by atoms with Crippen molar-refractivity contribution in [2.45, 2.75) is 65.2 Å². The van der Waals surface area contributed by atoms with Crippen LogP contribution in [0.1, 0.15) is 65.2 Å². The second-order valence-corrected chi connectivity index (χ2v) is 6.50. The summed E-state index contributed by atoms with van der Waals surface area (Å²) < 4.78 is 0. The van der Waals surface area contributed by atoms with Crippen molar-refractivity contribution in [2.75, 3.05) is 13.1 Å². The lowest BCUT2D eigenvalue weighted by Crippen LogP contribution is -2.27. The van der Waals surface area contributed by atoms with Crippen LogP contribution in [-0.2, 0) is 4.79 Å². The Labute approximate surface area is 118 Å². The third-order valence-corrected chi connectivity index (χ3v) is 4.44. The fourth-order valence-corrected chi connectivity index (χ4v) is 3.13. The second kappa shape index (κ2) is 9.35. The van der Waals surface area contributed by atoms with Gasteiger partial charge in [0.05, 0.1) is 0 Å². The zero-order valence-corrected chi connectivity index (χ0v) is 12.8. The molecule has 0 aromatic carbocycles. The van der Waals surface area contributed by atoms with Crippen molar-refractivity contribution < 1.29 is 4.79 Å². The number of carbonyl (C=O) groups excluding carboxylic acids is 1. The molecule has 3 nitrogen and oxygen atoms in total. The molecule has 0 saturated heterocycles. The van der Waals surface area contributed by atoms with Crippen LogP contribution < -0.4 is 11.1 Å². The van der Waals surface area contributed by atoms with E-state index < -0.39 is 0 Å². The molecule has 3 atom stereocenters. The molecule has 19 heavy (non-hydrogen) atoms. The van der Waals surface area contributed by atoms with Gasteiger partial charge in [-0.2, -0.15) is 0 Å². The van der Waals surface area contributed by atoms with E-state index in [4.69, 9.17) is 5.73 Å². The van der Waals surface area contributed by atoms with Crippen molar-refractivity contribution in [2.24, 2.45) is 23.5 Å². The molecule has 112 valence electrons. The molecule has 0 heterocycles. The van der Waals surface area contributed by atoms with Crippen LogP contribution in [0.5, 0.6) is 0 Å². The van der Waals surface area contributed by atoms with Crippen molar-refractivity contribution in [1.29, 1.82) is 0 Å². The Morgan fingerprint density at radius 2 is 2.16 bits per heavy atom. The summed E-state index contributed by atoms with van der Waals surface area (Å²) in [7, 11) is 0. The van der Waals surface area contributed by atoms with Gasteiger partial charge in [-0.05, 0) is 50.0 Å². The van der Waals surface area contributed by atoms with Crippen molar-refractivity contribution in [1.82, 2.24) is 5.32 Å². The highest BCUT2D eigenvalue weighted by molar-refractivity contribution is 5.75. The lowest BCUT2D eigenvalue weighted by molar-refractivity contribution is -0.121. The molecule has 0 spiro atoms. The Morgan fingerprint density at radius 1 is 1.37 bits per heavy atom. The second-order valence-electron chi connectivity index (χ2n) is 6.50. The Hall–Kier alpha value is -0.570. The Balaban J connectivity index is 2.03. The van der Waals surface area contributed by atoms with E-state index in [9.17, 15) is 4.79 Å². The van der Waals surface area contributed by atoms with Gasteiger partial charge in [0, 0.05) is 13.0 Å². The number of rotatable bonds is 8. The number of nitrogens with one attached hydrogen (secondary N) is 1. The lowest BCUT2D eigenvalue weighted by atomic mass is 9.81. The van der Waals surface area contributed by atoms with E-state index in [0.29, 0.717) is 12.3 Å². The highest BCUT2D eigenvalue weighted by Gasteiger charge is 2.18. The number of nitrogens with two attached hydrogens (primary N) is 1. The minimum atomic E-state index is 0.215. The Kier molecular flexibility index (Phi) is 8.11. The van der Waals surface area contributed by atoms with Gasteiger partial charge in [0.25, 0.3) is 0 Å². The Bertz CT molecular complexity index is 255. The van der Waals surface area contributed by atoms with E-state index in [2.05, 4.69) is 19.2 Å². The predicted molar refractivity (Wildman–Crippen MR) is 80.8 cm³/mol. The van der Waals surface area contributed by atoms with Gasteiger partial charge in [0.2, 0.25) is 5.91 Å². The summed E-state index contributed by atoms with van der Waals surface area (Å²) >= 11 is 0. The van der Waals surface area contributed by atoms with Crippen LogP contribution >= 0.6 is 0 Å². The third-order valence-electron chi connectivity index (χ3n) is 4.44. The SMILES string of the molecule is CC(CCN)CCC(=O)NCCC1CCCC(C)C1. The standard InChI is InChI=1S/C16H32N2O/c1-13(8-10-17)6-7-16(19)18-11-9-15-5-3-4-14(2)12-15/h13-15H,3-12,17H2,1-2H3,(H,18,19). The molecule has 0 aromatic rings. The highest BCUT2D eigenvalue weighted by Crippen LogP contribution is 2.30. The number of carbonyl (C=O) groups is 1. The maximum absolute atomic E-state index is 11.7. The van der Waals surface area contributed by atoms with Crippen LogP contribution in [0.15, 0.2) is 0 Å². The average molecular weight is 268 g/mol. The molecular formula is C16H32N2O. The van der Waals surface area contributed by atoms with Gasteiger partial charge >= 0.3 is 0 Å². The van der Waals surface area contributed by atoms with Crippen LogP contribution in [0.4, 0.5) is 0 Å². The highest BCUT2D eigenvalue weighted by atomic mass is 16.1. The van der Waals surface area contributed by atoms with Gasteiger partial charge in [-0.3, -0.25) is 4.79 Å². The van der Waals surface area contributed by atoms with Crippen LogP contribution in [0.25, 0.3) is 0 Å². The van der Waals surface area contributed by atoms with Crippen LogP contribution in [0.2, 0.25) is 0 Å². The Morgan fingerprint density at radius 3 is 2.84 bits per heavy atom. The van der Waals surface area contributed by atoms with Gasteiger partial charge in [0.1, 0.15) is 0 Å². The fraction of sp³-hybridized carbons (Fsp3) is 0.938. The first-order chi connectivity index (χ1) is 9.11. The molecule has 0 aromatic heterocycles. The molecule has 1 saturated carbocycles. The monoisotopic (exact) mass is 268 g/mol. The molecule has 3 N–H and O–H groups in total. The first-order valence-corrected chi connectivity index (χ1v) is 8.08. The molecule has 0 aliphatic heterocycles. The zero-order chi connectivity index (χ0) is 14.1. The van der Waals surface area contributed by atoms with E-state index >= 15 is 0 Å². The number of hydrogen-bond donors (Lipinski definition) is 2. The minimum Gasteiger partial charge on any atom is -0.356 e. The quantitative estimate of drug-likeness (QED) is 0.711. The van der Waals surface area contributed by atoms with Gasteiger partial charge in [0.15, 0.2) is 0 Å². The molecule has 0 bridgehead atoms. The molecule has 3 heteroatoms. The van der Waals surface area contributed by atoms with E-state index in [1.807, 2.05) is 0 Å². The van der Waals surface area contributed by atoms with E-state index in [1.54, 1.807) is 0 Å². The van der Waals surface area contributed by atoms with Crippen molar-refractivity contribution >= 4 is 5.91 Å². The summed E-state index contributed by atoms with van der Waals surface area (Å²) in [5, 5.41) is 3.07. The molecule has 1 rings (SSSR count). The fourth-order valence-electron chi connectivity index (χ4n) is 3.13. The summed E-state index contributed by atoms with van der Waals surface area (Å²) in [6.45, 7) is 6.11. The molecule has 3 unspecified atom stereocenters. The predicted octanol–water partition coefficient (Wildman–Crippen LogP) is 3.08. The van der Waals surface area contributed by atoms with E-state index in [1.165, 1.54) is 25.7 Å². The number of amides is 1. The largest absolute Gasteiger partial charge is 0.356 e. The summed E-state index contributed by atoms with van der Waals surface area (Å²) in [5.41, 5.74) is 5.51. The third kappa shape index (κ3) is 7.56. The maximum atomic E-state index is 11.7. The van der Waals surface area contributed by atoms with Crippen LogP contribution in [0.3, 0.4) is 0 Å². The van der Waals surface area contributed by atoms with Crippen LogP contribution in [-0.4, -0.2) is 19.0 Å². The normalized spacial score (nSPS) is 25.0. The lowest BCUT2D eigenvalue weighted by Gasteiger charge is -2.26. The molecule has 0 radical (unpaired) electrons. The van der Waals surface area contributed by atoms with E-state index in [-0.39, 0.29) is 5.91 Å². The molecule has 1 aliphatic carbocycles. The van der Waals surface area contributed by atoms with Gasteiger partial charge in [-0.15, -0.1) is 0 Å². The molecular weight excluding hydrogens is 236 g/mol. The minimum absolute atomic E-state index is 0.215. The first kappa shape index (κ1) is 16.5. The van der Waals surface area contributed by atoms with Crippen LogP contribution in [0, 0.1) is 17.8 Å². The summed E-state index contributed by atoms with van der Waals surface area (Å²) in [4.78, 5) is 11.7. The smallest absolute Gasteiger partial charge is 0.220 e. The van der Waals surface area contributed by atoms with Crippen molar-refractivity contribution in [3.63, 3.8) is 0 Å². The van der Waals surface area contributed by atoms with Gasteiger partial charge < -0.3 is 11.1 Å². The molecule has 1 fully saturated rings. The zero-order valence-electron chi connectivity index (χ0n) is 12.8.